The molecule has 4 nitrogen and oxygen atoms in total. The van der Waals surface area contributed by atoms with Crippen LogP contribution in [0, 0.1) is 5.92 Å². The summed E-state index contributed by atoms with van der Waals surface area (Å²) in [7, 11) is 1.76. The Bertz CT molecular complexity index is 464. The number of pyridine rings is 1. The van der Waals surface area contributed by atoms with E-state index in [4.69, 9.17) is 11.6 Å². The lowest BCUT2D eigenvalue weighted by molar-refractivity contribution is 0.0671. The Balaban J connectivity index is 2.12. The largest absolute Gasteiger partial charge is 0.372 e. The number of hydrogen-bond acceptors (Lipinski definition) is 3. The summed E-state index contributed by atoms with van der Waals surface area (Å²) in [5.41, 5.74) is 0.570. The molecule has 0 aliphatic carbocycles. The fourth-order valence-electron chi connectivity index (χ4n) is 2.50. The average molecular weight is 282 g/mol. The van der Waals surface area contributed by atoms with Crippen LogP contribution in [0.3, 0.4) is 0 Å². The fourth-order valence-corrected chi connectivity index (χ4v) is 2.76. The van der Waals surface area contributed by atoms with Crippen LogP contribution in [0.5, 0.6) is 0 Å². The number of amides is 1. The zero-order valence-corrected chi connectivity index (χ0v) is 12.2. The van der Waals surface area contributed by atoms with Crippen LogP contribution in [0.15, 0.2) is 12.3 Å². The van der Waals surface area contributed by atoms with Gasteiger partial charge in [0, 0.05) is 26.3 Å². The molecule has 0 bridgehead atoms. The van der Waals surface area contributed by atoms with Crippen LogP contribution in [0.2, 0.25) is 5.02 Å². The Morgan fingerprint density at radius 3 is 3.05 bits per heavy atom. The van der Waals surface area contributed by atoms with Crippen LogP contribution in [0.25, 0.3) is 0 Å². The Hall–Kier alpha value is -1.29. The second kappa shape index (κ2) is 6.24. The van der Waals surface area contributed by atoms with Gasteiger partial charge in [-0.15, -0.1) is 0 Å². The Morgan fingerprint density at radius 1 is 1.63 bits per heavy atom. The van der Waals surface area contributed by atoms with Crippen LogP contribution in [0.4, 0.5) is 5.82 Å². The number of nitrogens with one attached hydrogen (secondary N) is 1. The van der Waals surface area contributed by atoms with Crippen molar-refractivity contribution in [3.05, 3.63) is 22.8 Å². The predicted molar refractivity (Wildman–Crippen MR) is 77.7 cm³/mol. The first-order chi connectivity index (χ1) is 9.15. The van der Waals surface area contributed by atoms with Gasteiger partial charge in [-0.1, -0.05) is 24.9 Å². The maximum absolute atomic E-state index is 12.4. The number of anilines is 1. The molecule has 104 valence electrons. The monoisotopic (exact) mass is 281 g/mol. The second-order valence-electron chi connectivity index (χ2n) is 4.97. The molecular formula is C14H20ClN3O. The molecule has 2 heterocycles. The van der Waals surface area contributed by atoms with Crippen molar-refractivity contribution in [1.82, 2.24) is 9.88 Å². The van der Waals surface area contributed by atoms with E-state index < -0.39 is 0 Å². The van der Waals surface area contributed by atoms with Gasteiger partial charge in [0.25, 0.3) is 5.91 Å². The summed E-state index contributed by atoms with van der Waals surface area (Å²) in [6, 6.07) is 1.69. The Kier molecular flexibility index (Phi) is 4.64. The number of rotatable bonds is 3. The molecule has 1 saturated heterocycles. The molecule has 0 radical (unpaired) electrons. The molecule has 0 aromatic carbocycles. The Labute approximate surface area is 119 Å². The van der Waals surface area contributed by atoms with Crippen LogP contribution in [0.1, 0.15) is 36.5 Å². The van der Waals surface area contributed by atoms with Gasteiger partial charge in [-0.25, -0.2) is 4.98 Å². The van der Waals surface area contributed by atoms with E-state index in [1.54, 1.807) is 19.3 Å². The van der Waals surface area contributed by atoms with Crippen molar-refractivity contribution in [3.8, 4) is 0 Å². The van der Waals surface area contributed by atoms with E-state index >= 15 is 0 Å². The summed E-state index contributed by atoms with van der Waals surface area (Å²) in [6.07, 6.45) is 5.02. The van der Waals surface area contributed by atoms with Crippen molar-refractivity contribution in [2.24, 2.45) is 5.92 Å². The highest BCUT2D eigenvalue weighted by atomic mass is 35.5. The zero-order chi connectivity index (χ0) is 13.8. The molecule has 1 amide bonds. The molecule has 1 aliphatic rings. The molecule has 1 unspecified atom stereocenters. The van der Waals surface area contributed by atoms with Gasteiger partial charge in [-0.3, -0.25) is 4.79 Å². The van der Waals surface area contributed by atoms with Crippen molar-refractivity contribution in [2.75, 3.05) is 25.5 Å². The number of carbonyl (C=O) groups excluding carboxylic acids is 1. The minimum absolute atomic E-state index is 0.0372. The average Bonchev–Trinajstić information content (AvgIpc) is 2.46. The van der Waals surface area contributed by atoms with Crippen molar-refractivity contribution in [3.63, 3.8) is 0 Å². The molecule has 5 heteroatoms. The minimum Gasteiger partial charge on any atom is -0.372 e. The summed E-state index contributed by atoms with van der Waals surface area (Å²) in [6.45, 7) is 3.86. The summed E-state index contributed by atoms with van der Waals surface area (Å²) in [5, 5.41) is 3.37. The van der Waals surface area contributed by atoms with E-state index in [9.17, 15) is 4.79 Å². The van der Waals surface area contributed by atoms with Crippen LogP contribution >= 0.6 is 11.6 Å². The molecule has 1 atom stereocenters. The van der Waals surface area contributed by atoms with E-state index in [1.165, 1.54) is 6.42 Å². The first-order valence-corrected chi connectivity index (χ1v) is 7.16. The third-order valence-corrected chi connectivity index (χ3v) is 4.00. The van der Waals surface area contributed by atoms with Crippen molar-refractivity contribution in [1.29, 1.82) is 0 Å². The highest BCUT2D eigenvalue weighted by molar-refractivity contribution is 6.33. The summed E-state index contributed by atoms with van der Waals surface area (Å²) in [5.74, 6) is 1.26. The number of hydrogen-bond donors (Lipinski definition) is 1. The standard InChI is InChI=1S/C14H20ClN3O/c1-3-10-5-4-6-18(9-10)14(19)11-7-12(15)13(16-2)17-8-11/h7-8,10H,3-6,9H2,1-2H3,(H,16,17). The van der Waals surface area contributed by atoms with E-state index in [0.717, 1.165) is 25.9 Å². The number of likely N-dealkylation sites (tertiary alicyclic amines) is 1. The summed E-state index contributed by atoms with van der Waals surface area (Å²) < 4.78 is 0. The van der Waals surface area contributed by atoms with Gasteiger partial charge >= 0.3 is 0 Å². The molecule has 1 N–H and O–H groups in total. The molecule has 1 fully saturated rings. The summed E-state index contributed by atoms with van der Waals surface area (Å²) in [4.78, 5) is 18.5. The van der Waals surface area contributed by atoms with Gasteiger partial charge in [0.05, 0.1) is 10.6 Å². The van der Waals surface area contributed by atoms with E-state index in [1.807, 2.05) is 4.90 Å². The number of carbonyl (C=O) groups is 1. The molecule has 2 rings (SSSR count). The number of nitrogens with zero attached hydrogens (tertiary/aromatic N) is 2. The van der Waals surface area contributed by atoms with Gasteiger partial charge in [0.2, 0.25) is 0 Å². The lowest BCUT2D eigenvalue weighted by atomic mass is 9.95. The Morgan fingerprint density at radius 2 is 2.42 bits per heavy atom. The van der Waals surface area contributed by atoms with Crippen molar-refractivity contribution in [2.45, 2.75) is 26.2 Å². The third-order valence-electron chi connectivity index (χ3n) is 3.71. The normalized spacial score (nSPS) is 19.3. The van der Waals surface area contributed by atoms with E-state index in [0.29, 0.717) is 22.3 Å². The second-order valence-corrected chi connectivity index (χ2v) is 5.38. The third kappa shape index (κ3) is 3.18. The van der Waals surface area contributed by atoms with Crippen LogP contribution in [-0.4, -0.2) is 35.9 Å². The number of piperidine rings is 1. The molecule has 1 aliphatic heterocycles. The predicted octanol–water partition coefficient (Wildman–Crippen LogP) is 3.04. The smallest absolute Gasteiger partial charge is 0.255 e. The van der Waals surface area contributed by atoms with Crippen LogP contribution < -0.4 is 5.32 Å². The highest BCUT2D eigenvalue weighted by Gasteiger charge is 2.24. The van der Waals surface area contributed by atoms with Crippen molar-refractivity contribution >= 4 is 23.3 Å². The van der Waals surface area contributed by atoms with Gasteiger partial charge in [-0.2, -0.15) is 0 Å². The quantitative estimate of drug-likeness (QED) is 0.926. The zero-order valence-electron chi connectivity index (χ0n) is 11.4. The number of aromatic nitrogens is 1. The maximum Gasteiger partial charge on any atom is 0.255 e. The van der Waals surface area contributed by atoms with Gasteiger partial charge < -0.3 is 10.2 Å². The first kappa shape index (κ1) is 14.1. The highest BCUT2D eigenvalue weighted by Crippen LogP contribution is 2.23. The maximum atomic E-state index is 12.4. The van der Waals surface area contributed by atoms with Gasteiger partial charge in [0.1, 0.15) is 5.82 Å². The molecule has 19 heavy (non-hydrogen) atoms. The molecule has 0 spiro atoms. The lowest BCUT2D eigenvalue weighted by Gasteiger charge is -2.32. The van der Waals surface area contributed by atoms with Crippen LogP contribution in [-0.2, 0) is 0 Å². The minimum atomic E-state index is 0.0372. The molecule has 1 aromatic heterocycles. The fraction of sp³-hybridized carbons (Fsp3) is 0.571. The SMILES string of the molecule is CCC1CCCN(C(=O)c2cnc(NC)c(Cl)c2)C1. The van der Waals surface area contributed by atoms with Gasteiger partial charge in [0.15, 0.2) is 0 Å². The molecule has 1 aromatic rings. The molecular weight excluding hydrogens is 262 g/mol. The van der Waals surface area contributed by atoms with E-state index in [2.05, 4.69) is 17.2 Å². The lowest BCUT2D eigenvalue weighted by Crippen LogP contribution is -2.39. The topological polar surface area (TPSA) is 45.2 Å². The van der Waals surface area contributed by atoms with Gasteiger partial charge in [-0.05, 0) is 24.8 Å². The van der Waals surface area contributed by atoms with Crippen molar-refractivity contribution < 1.29 is 4.79 Å². The summed E-state index contributed by atoms with van der Waals surface area (Å²) >= 11 is 6.07. The first-order valence-electron chi connectivity index (χ1n) is 6.78. The molecule has 0 saturated carbocycles. The number of halogens is 1. The van der Waals surface area contributed by atoms with E-state index in [-0.39, 0.29) is 5.91 Å².